The van der Waals surface area contributed by atoms with Gasteiger partial charge in [0.25, 0.3) is 0 Å². The molecule has 4 heteroatoms. The zero-order chi connectivity index (χ0) is 15.6. The Morgan fingerprint density at radius 3 is 2.22 bits per heavy atom. The lowest BCUT2D eigenvalue weighted by molar-refractivity contribution is 0.476. The molecule has 23 heavy (non-hydrogen) atoms. The second-order valence-electron chi connectivity index (χ2n) is 5.88. The van der Waals surface area contributed by atoms with Gasteiger partial charge in [-0.15, -0.1) is 0 Å². The molecule has 1 N–H and O–H groups in total. The molecule has 0 atom stereocenters. The zero-order valence-corrected chi connectivity index (χ0v) is 12.9. The number of phenolic OH excluding ortho intramolecular Hbond substituents is 1. The summed E-state index contributed by atoms with van der Waals surface area (Å²) in [5.41, 5.74) is 3.32. The fraction of sp³-hybridized carbons (Fsp3) is 0.211. The number of anilines is 2. The van der Waals surface area contributed by atoms with Crippen LogP contribution in [0, 0.1) is 0 Å². The van der Waals surface area contributed by atoms with Gasteiger partial charge in [-0.1, -0.05) is 18.2 Å². The van der Waals surface area contributed by atoms with Gasteiger partial charge in [0.05, 0.1) is 17.4 Å². The highest BCUT2D eigenvalue weighted by atomic mass is 16.3. The van der Waals surface area contributed by atoms with Crippen molar-refractivity contribution >= 4 is 22.3 Å². The quantitative estimate of drug-likeness (QED) is 0.789. The molecule has 2 aromatic carbocycles. The van der Waals surface area contributed by atoms with Crippen molar-refractivity contribution in [3.05, 3.63) is 60.8 Å². The average Bonchev–Trinajstić information content (AvgIpc) is 2.62. The van der Waals surface area contributed by atoms with E-state index in [-0.39, 0.29) is 5.75 Å². The Bertz CT molecular complexity index is 811. The van der Waals surface area contributed by atoms with Crippen molar-refractivity contribution in [2.45, 2.75) is 0 Å². The maximum Gasteiger partial charge on any atom is 0.116 e. The molecule has 4 rings (SSSR count). The Morgan fingerprint density at radius 1 is 0.783 bits per heavy atom. The second kappa shape index (κ2) is 5.80. The zero-order valence-electron chi connectivity index (χ0n) is 12.9. The number of aromatic nitrogens is 1. The molecule has 0 unspecified atom stereocenters. The van der Waals surface area contributed by atoms with Crippen LogP contribution in [0.25, 0.3) is 10.9 Å². The summed E-state index contributed by atoms with van der Waals surface area (Å²) >= 11 is 0. The topological polar surface area (TPSA) is 39.6 Å². The monoisotopic (exact) mass is 305 g/mol. The number of rotatable bonds is 2. The molecule has 116 valence electrons. The number of benzene rings is 2. The van der Waals surface area contributed by atoms with E-state index in [1.807, 2.05) is 12.3 Å². The number of piperazine rings is 1. The summed E-state index contributed by atoms with van der Waals surface area (Å²) in [5, 5.41) is 10.6. The molecule has 0 aliphatic carbocycles. The molecule has 1 aliphatic rings. The van der Waals surface area contributed by atoms with Crippen molar-refractivity contribution in [3.63, 3.8) is 0 Å². The van der Waals surface area contributed by atoms with E-state index in [0.717, 1.165) is 42.8 Å². The molecule has 0 radical (unpaired) electrons. The molecule has 1 aromatic heterocycles. The molecule has 4 nitrogen and oxygen atoms in total. The van der Waals surface area contributed by atoms with E-state index in [4.69, 9.17) is 0 Å². The highest BCUT2D eigenvalue weighted by Gasteiger charge is 2.17. The molecule has 0 amide bonds. The van der Waals surface area contributed by atoms with E-state index in [9.17, 15) is 5.11 Å². The van der Waals surface area contributed by atoms with Crippen molar-refractivity contribution in [3.8, 4) is 5.75 Å². The van der Waals surface area contributed by atoms with Crippen LogP contribution in [-0.4, -0.2) is 36.3 Å². The standard InChI is InChI=1S/C19H19N3O/c23-18-6-7-19-15(13-18)12-17(14-20-19)22-10-8-21(9-11-22)16-4-2-1-3-5-16/h1-7,12-14,23H,8-11H2. The summed E-state index contributed by atoms with van der Waals surface area (Å²) in [6, 6.07) is 18.0. The van der Waals surface area contributed by atoms with Crippen molar-refractivity contribution < 1.29 is 5.11 Å². The van der Waals surface area contributed by atoms with Gasteiger partial charge in [0, 0.05) is 37.3 Å². The minimum absolute atomic E-state index is 0.283. The number of pyridine rings is 1. The summed E-state index contributed by atoms with van der Waals surface area (Å²) < 4.78 is 0. The van der Waals surface area contributed by atoms with Crippen molar-refractivity contribution in [1.29, 1.82) is 0 Å². The third-order valence-corrected chi connectivity index (χ3v) is 4.42. The molecule has 1 saturated heterocycles. The SMILES string of the molecule is Oc1ccc2ncc(N3CCN(c4ccccc4)CC3)cc2c1. The van der Waals surface area contributed by atoms with Crippen molar-refractivity contribution in [1.82, 2.24) is 4.98 Å². The van der Waals surface area contributed by atoms with E-state index in [1.54, 1.807) is 12.1 Å². The largest absolute Gasteiger partial charge is 0.508 e. The minimum atomic E-state index is 0.283. The molecular formula is C19H19N3O. The molecule has 0 saturated carbocycles. The van der Waals surface area contributed by atoms with Crippen LogP contribution in [0.5, 0.6) is 5.75 Å². The predicted octanol–water partition coefficient (Wildman–Crippen LogP) is 3.27. The molecule has 2 heterocycles. The summed E-state index contributed by atoms with van der Waals surface area (Å²) in [6.07, 6.45) is 1.93. The van der Waals surface area contributed by atoms with Gasteiger partial charge in [0.15, 0.2) is 0 Å². The Labute approximate surface area is 135 Å². The number of phenols is 1. The van der Waals surface area contributed by atoms with Gasteiger partial charge in [0.1, 0.15) is 5.75 Å². The number of aromatic hydroxyl groups is 1. The van der Waals surface area contributed by atoms with Gasteiger partial charge >= 0.3 is 0 Å². The Morgan fingerprint density at radius 2 is 1.48 bits per heavy atom. The normalized spacial score (nSPS) is 15.1. The highest BCUT2D eigenvalue weighted by Crippen LogP contribution is 2.25. The molecule has 0 spiro atoms. The van der Waals surface area contributed by atoms with Crippen LogP contribution in [0.4, 0.5) is 11.4 Å². The van der Waals surface area contributed by atoms with E-state index >= 15 is 0 Å². The van der Waals surface area contributed by atoms with Gasteiger partial charge < -0.3 is 14.9 Å². The fourth-order valence-electron chi connectivity index (χ4n) is 3.14. The number of fused-ring (bicyclic) bond motifs is 1. The summed E-state index contributed by atoms with van der Waals surface area (Å²) in [5.74, 6) is 0.283. The van der Waals surface area contributed by atoms with Crippen LogP contribution in [-0.2, 0) is 0 Å². The van der Waals surface area contributed by atoms with Gasteiger partial charge in [0.2, 0.25) is 0 Å². The lowest BCUT2D eigenvalue weighted by Gasteiger charge is -2.37. The summed E-state index contributed by atoms with van der Waals surface area (Å²) in [7, 11) is 0. The van der Waals surface area contributed by atoms with E-state index in [0.29, 0.717) is 0 Å². The van der Waals surface area contributed by atoms with E-state index < -0.39 is 0 Å². The summed E-state index contributed by atoms with van der Waals surface area (Å²) in [6.45, 7) is 3.95. The second-order valence-corrected chi connectivity index (χ2v) is 5.88. The van der Waals surface area contributed by atoms with Gasteiger partial charge in [-0.2, -0.15) is 0 Å². The van der Waals surface area contributed by atoms with Crippen LogP contribution in [0.2, 0.25) is 0 Å². The van der Waals surface area contributed by atoms with Gasteiger partial charge in [-0.05, 0) is 36.4 Å². The average molecular weight is 305 g/mol. The number of para-hydroxylation sites is 1. The minimum Gasteiger partial charge on any atom is -0.508 e. The van der Waals surface area contributed by atoms with Gasteiger partial charge in [-0.25, -0.2) is 0 Å². The maximum absolute atomic E-state index is 9.64. The van der Waals surface area contributed by atoms with E-state index in [1.165, 1.54) is 5.69 Å². The summed E-state index contributed by atoms with van der Waals surface area (Å²) in [4.78, 5) is 9.28. The molecule has 3 aromatic rings. The molecule has 1 fully saturated rings. The lowest BCUT2D eigenvalue weighted by Crippen LogP contribution is -2.46. The predicted molar refractivity (Wildman–Crippen MR) is 94.3 cm³/mol. The fourth-order valence-corrected chi connectivity index (χ4v) is 3.14. The Hall–Kier alpha value is -2.75. The van der Waals surface area contributed by atoms with Crippen LogP contribution >= 0.6 is 0 Å². The first kappa shape index (κ1) is 13.9. The van der Waals surface area contributed by atoms with Crippen molar-refractivity contribution in [2.24, 2.45) is 0 Å². The van der Waals surface area contributed by atoms with Crippen LogP contribution in [0.15, 0.2) is 60.8 Å². The Balaban J connectivity index is 1.52. The number of hydrogen-bond donors (Lipinski definition) is 1. The van der Waals surface area contributed by atoms with Crippen molar-refractivity contribution in [2.75, 3.05) is 36.0 Å². The van der Waals surface area contributed by atoms with Gasteiger partial charge in [-0.3, -0.25) is 4.98 Å². The maximum atomic E-state index is 9.64. The lowest BCUT2D eigenvalue weighted by atomic mass is 10.1. The third-order valence-electron chi connectivity index (χ3n) is 4.42. The molecule has 0 bridgehead atoms. The van der Waals surface area contributed by atoms with Crippen LogP contribution in [0.3, 0.4) is 0 Å². The van der Waals surface area contributed by atoms with E-state index in [2.05, 4.69) is 51.2 Å². The highest BCUT2D eigenvalue weighted by molar-refractivity contribution is 5.83. The molecular weight excluding hydrogens is 286 g/mol. The van der Waals surface area contributed by atoms with Crippen LogP contribution < -0.4 is 9.80 Å². The molecule has 1 aliphatic heterocycles. The number of nitrogens with zero attached hydrogens (tertiary/aromatic N) is 3. The first-order chi connectivity index (χ1) is 11.3. The first-order valence-corrected chi connectivity index (χ1v) is 7.93. The third kappa shape index (κ3) is 2.80. The number of hydrogen-bond acceptors (Lipinski definition) is 4. The first-order valence-electron chi connectivity index (χ1n) is 7.93. The van der Waals surface area contributed by atoms with Crippen LogP contribution in [0.1, 0.15) is 0 Å². The Kier molecular flexibility index (Phi) is 3.50. The smallest absolute Gasteiger partial charge is 0.116 e.